The van der Waals surface area contributed by atoms with E-state index in [1.807, 2.05) is 0 Å². The second-order valence-corrected chi connectivity index (χ2v) is 9.55. The van der Waals surface area contributed by atoms with Gasteiger partial charge in [-0.25, -0.2) is 13.8 Å². The van der Waals surface area contributed by atoms with Gasteiger partial charge in [-0.2, -0.15) is 8.42 Å². The number of halogens is 2. The van der Waals surface area contributed by atoms with E-state index in [4.69, 9.17) is 5.73 Å². The molecule has 0 saturated carbocycles. The van der Waals surface area contributed by atoms with Crippen LogP contribution in [0.4, 0.5) is 8.78 Å². The number of hydrogen-bond donors (Lipinski definition) is 4. The van der Waals surface area contributed by atoms with E-state index in [1.165, 1.54) is 19.1 Å². The van der Waals surface area contributed by atoms with Gasteiger partial charge in [0.2, 0.25) is 5.78 Å². The monoisotopic (exact) mass is 526 g/mol. The lowest BCUT2D eigenvalue weighted by Crippen LogP contribution is -2.27. The van der Waals surface area contributed by atoms with Gasteiger partial charge in [-0.05, 0) is 49.4 Å². The third-order valence-electron chi connectivity index (χ3n) is 5.31. The largest absolute Gasteiger partial charge is 0.506 e. The summed E-state index contributed by atoms with van der Waals surface area (Å²) in [5.41, 5.74) is 5.59. The summed E-state index contributed by atoms with van der Waals surface area (Å²) in [6, 6.07) is 14.1. The van der Waals surface area contributed by atoms with Crippen LogP contribution in [0.25, 0.3) is 22.4 Å². The zero-order valence-corrected chi connectivity index (χ0v) is 20.0. The first-order chi connectivity index (χ1) is 17.5. The highest BCUT2D eigenvalue weighted by atomic mass is 32.2. The lowest BCUT2D eigenvalue weighted by molar-refractivity contribution is 0.105. The molecule has 0 saturated heterocycles. The van der Waals surface area contributed by atoms with Crippen molar-refractivity contribution in [2.75, 3.05) is 0 Å². The fraction of sp³-hybridized carbons (Fsp3) is 0.0800. The lowest BCUT2D eigenvalue weighted by Gasteiger charge is -2.11. The molecule has 3 aromatic carbocycles. The van der Waals surface area contributed by atoms with Crippen molar-refractivity contribution >= 4 is 44.0 Å². The number of carbonyl (C=O) groups excluding carboxylic acids is 1. The van der Waals surface area contributed by atoms with Gasteiger partial charge >= 0.3 is 0 Å². The molecule has 1 aromatic heterocycles. The first kappa shape index (κ1) is 25.7. The van der Waals surface area contributed by atoms with Gasteiger partial charge in [-0.3, -0.25) is 4.79 Å². The Morgan fingerprint density at radius 1 is 1.05 bits per heavy atom. The fourth-order valence-electron chi connectivity index (χ4n) is 3.43. The maximum absolute atomic E-state index is 14.5. The summed E-state index contributed by atoms with van der Waals surface area (Å²) in [6.07, 6.45) is -1.42. The van der Waals surface area contributed by atoms with Crippen LogP contribution in [-0.4, -0.2) is 46.3 Å². The summed E-state index contributed by atoms with van der Waals surface area (Å²) in [5.74, 6) is -4.24. The Hall–Kier alpha value is -4.42. The molecule has 0 bridgehead atoms. The van der Waals surface area contributed by atoms with Gasteiger partial charge in [0.15, 0.2) is 0 Å². The Bertz CT molecular complexity index is 1660. The quantitative estimate of drug-likeness (QED) is 0.0942. The van der Waals surface area contributed by atoms with Crippen LogP contribution in [0.3, 0.4) is 0 Å². The van der Waals surface area contributed by atoms with Crippen LogP contribution < -0.4 is 5.73 Å². The van der Waals surface area contributed by atoms with Crippen molar-refractivity contribution in [3.05, 3.63) is 95.3 Å². The number of H-pyrrole nitrogens is 1. The van der Waals surface area contributed by atoms with Gasteiger partial charge in [0.25, 0.3) is 10.0 Å². The number of aromatic amines is 1. The first-order valence-corrected chi connectivity index (χ1v) is 12.2. The number of amidine groups is 1. The first-order valence-electron chi connectivity index (χ1n) is 10.7. The van der Waals surface area contributed by atoms with Crippen molar-refractivity contribution in [1.29, 1.82) is 0 Å². The molecule has 9 nitrogen and oxygen atoms in total. The highest BCUT2D eigenvalue weighted by Gasteiger charge is 2.27. The Kier molecular flexibility index (Phi) is 6.88. The lowest BCUT2D eigenvalue weighted by atomic mass is 9.98. The number of imidazole rings is 1. The maximum Gasteiger partial charge on any atom is 0.286 e. The number of sulfonamides is 1. The van der Waals surface area contributed by atoms with Crippen molar-refractivity contribution in [3.8, 4) is 0 Å². The SMILES string of the molecule is C[C@H](O)/C(N)=N/S(=O)(=O)c1cc(C(=O)/C(=C(\O)c2cccc(F)c2)c2nc3ccccc3[nH]2)ccc1F. The molecule has 0 unspecified atom stereocenters. The molecule has 1 atom stereocenters. The van der Waals surface area contributed by atoms with Crippen LogP contribution in [0.2, 0.25) is 0 Å². The number of allylic oxidation sites excluding steroid dienone is 1. The van der Waals surface area contributed by atoms with Gasteiger partial charge in [0.1, 0.15) is 45.6 Å². The smallest absolute Gasteiger partial charge is 0.286 e. The van der Waals surface area contributed by atoms with Crippen LogP contribution in [0.15, 0.2) is 76.0 Å². The number of benzene rings is 3. The van der Waals surface area contributed by atoms with Gasteiger partial charge in [-0.15, -0.1) is 4.40 Å². The number of ketones is 1. The molecule has 0 radical (unpaired) electrons. The van der Waals surface area contributed by atoms with E-state index in [1.54, 1.807) is 24.3 Å². The summed E-state index contributed by atoms with van der Waals surface area (Å²) in [4.78, 5) is 19.9. The summed E-state index contributed by atoms with van der Waals surface area (Å²) in [6.45, 7) is 1.17. The number of rotatable bonds is 7. The molecule has 0 fully saturated rings. The molecule has 0 aliphatic heterocycles. The average molecular weight is 527 g/mol. The molecular formula is C25H20F2N4O5S. The maximum atomic E-state index is 14.5. The van der Waals surface area contributed by atoms with Crippen LogP contribution in [0.1, 0.15) is 28.7 Å². The Morgan fingerprint density at radius 2 is 1.78 bits per heavy atom. The number of para-hydroxylation sites is 2. The Labute approximate surface area is 209 Å². The predicted octanol–water partition coefficient (Wildman–Crippen LogP) is 3.58. The Balaban J connectivity index is 1.91. The molecule has 4 aromatic rings. The minimum absolute atomic E-state index is 0.0481. The number of carbonyl (C=O) groups is 1. The number of aromatic nitrogens is 2. The average Bonchev–Trinajstić information content (AvgIpc) is 3.27. The molecular weight excluding hydrogens is 506 g/mol. The van der Waals surface area contributed by atoms with E-state index in [0.29, 0.717) is 11.0 Å². The summed E-state index contributed by atoms with van der Waals surface area (Å²) >= 11 is 0. The second-order valence-electron chi connectivity index (χ2n) is 7.98. The van der Waals surface area contributed by atoms with Gasteiger partial charge < -0.3 is 20.9 Å². The molecule has 4 rings (SSSR count). The standard InChI is InChI=1S/C25H20F2N4O5S/c1-13(32)24(28)31-37(35,36)20-12-15(9-10-17(20)27)23(34)21(22(33)14-5-4-6-16(26)11-14)25-29-18-7-2-3-8-19(18)30-25/h2-13,32-33H,1H3,(H2,28,31)(H,29,30)/b22-21+/t13-/m0/s1. The van der Waals surface area contributed by atoms with E-state index < -0.39 is 55.6 Å². The molecule has 0 aliphatic carbocycles. The molecule has 12 heteroatoms. The molecule has 1 heterocycles. The van der Waals surface area contributed by atoms with Crippen molar-refractivity contribution in [3.63, 3.8) is 0 Å². The predicted molar refractivity (Wildman–Crippen MR) is 133 cm³/mol. The second kappa shape index (κ2) is 9.91. The van der Waals surface area contributed by atoms with E-state index in [9.17, 15) is 32.2 Å². The third-order valence-corrected chi connectivity index (χ3v) is 6.63. The number of aliphatic hydroxyl groups excluding tert-OH is 2. The van der Waals surface area contributed by atoms with E-state index >= 15 is 0 Å². The van der Waals surface area contributed by atoms with E-state index in [-0.39, 0.29) is 17.0 Å². The number of hydrogen-bond acceptors (Lipinski definition) is 6. The topological polar surface area (TPSA) is 159 Å². The van der Waals surface area contributed by atoms with Crippen molar-refractivity contribution in [1.82, 2.24) is 9.97 Å². The fourth-order valence-corrected chi connectivity index (χ4v) is 4.55. The highest BCUT2D eigenvalue weighted by Crippen LogP contribution is 2.30. The van der Waals surface area contributed by atoms with Crippen LogP contribution in [-0.2, 0) is 10.0 Å². The minimum atomic E-state index is -4.76. The van der Waals surface area contributed by atoms with Crippen LogP contribution in [0.5, 0.6) is 0 Å². The van der Waals surface area contributed by atoms with Crippen LogP contribution >= 0.6 is 0 Å². The van der Waals surface area contributed by atoms with Crippen molar-refractivity contribution < 1.29 is 32.2 Å². The number of nitrogens with zero attached hydrogens (tertiary/aromatic N) is 2. The summed E-state index contributed by atoms with van der Waals surface area (Å²) < 4.78 is 56.9. The van der Waals surface area contributed by atoms with Gasteiger partial charge in [0, 0.05) is 11.1 Å². The third kappa shape index (κ3) is 5.25. The number of aliphatic hydroxyl groups is 2. The molecule has 5 N–H and O–H groups in total. The molecule has 190 valence electrons. The molecule has 0 aliphatic rings. The molecule has 37 heavy (non-hydrogen) atoms. The van der Waals surface area contributed by atoms with E-state index in [0.717, 1.165) is 30.3 Å². The van der Waals surface area contributed by atoms with E-state index in [2.05, 4.69) is 14.4 Å². The number of Topliss-reactive ketones (excluding diaryl/α,β-unsaturated/α-hetero) is 1. The number of fused-ring (bicyclic) bond motifs is 1. The highest BCUT2D eigenvalue weighted by molar-refractivity contribution is 7.90. The van der Waals surface area contributed by atoms with Crippen molar-refractivity contribution in [2.45, 2.75) is 17.9 Å². The van der Waals surface area contributed by atoms with Crippen LogP contribution in [0, 0.1) is 11.6 Å². The van der Waals surface area contributed by atoms with Gasteiger partial charge in [0.05, 0.1) is 11.0 Å². The number of nitrogens with one attached hydrogen (secondary N) is 1. The summed E-state index contributed by atoms with van der Waals surface area (Å²) in [5, 5.41) is 20.5. The summed E-state index contributed by atoms with van der Waals surface area (Å²) in [7, 11) is -4.76. The van der Waals surface area contributed by atoms with Gasteiger partial charge in [-0.1, -0.05) is 24.3 Å². The molecule has 0 spiro atoms. The molecule has 0 amide bonds. The number of nitrogens with two attached hydrogens (primary N) is 1. The Morgan fingerprint density at radius 3 is 2.46 bits per heavy atom. The zero-order chi connectivity index (χ0) is 26.9. The van der Waals surface area contributed by atoms with Crippen molar-refractivity contribution in [2.24, 2.45) is 10.1 Å². The minimum Gasteiger partial charge on any atom is -0.506 e. The normalized spacial score (nSPS) is 13.9. The zero-order valence-electron chi connectivity index (χ0n) is 19.2.